The van der Waals surface area contributed by atoms with E-state index in [1.54, 1.807) is 0 Å². The Morgan fingerprint density at radius 2 is 2.04 bits per heavy atom. The number of rotatable bonds is 3. The maximum Gasteiger partial charge on any atom is 0.227 e. The Labute approximate surface area is 154 Å². The Balaban J connectivity index is 1.44. The molecule has 0 spiro atoms. The van der Waals surface area contributed by atoms with Crippen LogP contribution in [0.4, 0.5) is 0 Å². The lowest BCUT2D eigenvalue weighted by molar-refractivity contribution is -0.138. The number of amides is 1. The highest BCUT2D eigenvalue weighted by Gasteiger charge is 2.27. The smallest absolute Gasteiger partial charge is 0.227 e. The molecule has 5 heteroatoms. The number of hydrogen-bond donors (Lipinski definition) is 0. The molecule has 136 valence electrons. The second-order valence-corrected chi connectivity index (χ2v) is 7.31. The molecule has 0 unspecified atom stereocenters. The average molecular weight is 351 g/mol. The fourth-order valence-corrected chi connectivity index (χ4v) is 3.99. The number of fused-ring (bicyclic) bond motifs is 1. The van der Waals surface area contributed by atoms with Gasteiger partial charge in [-0.25, -0.2) is 9.97 Å². The summed E-state index contributed by atoms with van der Waals surface area (Å²) < 4.78 is 5.88. The standard InChI is InChI=1S/C21H25N3O2/c1-14-10-19(23-15(2)22-14)20-13-24(8-9-26-20)21(25)12-16-6-7-17-4-3-5-18(17)11-16/h6-7,10-11,20H,3-5,8-9,12-13H2,1-2H3/t20-/m0/s1. The van der Waals surface area contributed by atoms with Gasteiger partial charge in [-0.3, -0.25) is 4.79 Å². The van der Waals surface area contributed by atoms with Crippen LogP contribution in [0.5, 0.6) is 0 Å². The van der Waals surface area contributed by atoms with Gasteiger partial charge in [0.1, 0.15) is 11.9 Å². The fourth-order valence-electron chi connectivity index (χ4n) is 3.99. The normalized spacial score (nSPS) is 19.5. The van der Waals surface area contributed by atoms with E-state index in [0.29, 0.717) is 26.1 Å². The van der Waals surface area contributed by atoms with E-state index in [1.165, 1.54) is 24.0 Å². The number of aryl methyl sites for hydroxylation is 4. The molecule has 1 atom stereocenters. The summed E-state index contributed by atoms with van der Waals surface area (Å²) >= 11 is 0. The minimum atomic E-state index is -0.173. The quantitative estimate of drug-likeness (QED) is 0.853. The van der Waals surface area contributed by atoms with Crippen molar-refractivity contribution in [3.8, 4) is 0 Å². The molecular formula is C21H25N3O2. The van der Waals surface area contributed by atoms with Gasteiger partial charge in [0.05, 0.1) is 25.3 Å². The first-order valence-electron chi connectivity index (χ1n) is 9.41. The molecule has 1 aromatic carbocycles. The Morgan fingerprint density at radius 1 is 1.19 bits per heavy atom. The van der Waals surface area contributed by atoms with Gasteiger partial charge in [-0.1, -0.05) is 18.2 Å². The summed E-state index contributed by atoms with van der Waals surface area (Å²) in [6.45, 7) is 5.58. The summed E-state index contributed by atoms with van der Waals surface area (Å²) in [6.07, 6.45) is 3.83. The molecule has 1 amide bonds. The molecule has 0 N–H and O–H groups in total. The Kier molecular flexibility index (Phi) is 4.72. The van der Waals surface area contributed by atoms with Crippen molar-refractivity contribution < 1.29 is 9.53 Å². The third-order valence-electron chi connectivity index (χ3n) is 5.25. The van der Waals surface area contributed by atoms with Crippen LogP contribution in [0.15, 0.2) is 24.3 Å². The molecule has 0 bridgehead atoms. The fraction of sp³-hybridized carbons (Fsp3) is 0.476. The summed E-state index contributed by atoms with van der Waals surface area (Å²) in [5.41, 5.74) is 5.78. The van der Waals surface area contributed by atoms with Crippen molar-refractivity contribution in [2.24, 2.45) is 0 Å². The minimum absolute atomic E-state index is 0.166. The number of nitrogens with zero attached hydrogens (tertiary/aromatic N) is 3. The molecule has 1 saturated heterocycles. The molecule has 4 rings (SSSR count). The molecule has 1 aliphatic heterocycles. The largest absolute Gasteiger partial charge is 0.368 e. The average Bonchev–Trinajstić information content (AvgIpc) is 3.09. The van der Waals surface area contributed by atoms with Gasteiger partial charge in [-0.2, -0.15) is 0 Å². The summed E-state index contributed by atoms with van der Waals surface area (Å²) in [5.74, 6) is 0.906. The topological polar surface area (TPSA) is 55.3 Å². The molecule has 1 aromatic heterocycles. The number of hydrogen-bond acceptors (Lipinski definition) is 4. The number of carbonyl (C=O) groups excluding carboxylic acids is 1. The van der Waals surface area contributed by atoms with E-state index in [9.17, 15) is 4.79 Å². The van der Waals surface area contributed by atoms with Gasteiger partial charge in [-0.15, -0.1) is 0 Å². The van der Waals surface area contributed by atoms with Gasteiger partial charge in [0.15, 0.2) is 0 Å². The van der Waals surface area contributed by atoms with E-state index in [0.717, 1.165) is 29.2 Å². The van der Waals surface area contributed by atoms with E-state index in [1.807, 2.05) is 24.8 Å². The van der Waals surface area contributed by atoms with Crippen molar-refractivity contribution in [2.45, 2.75) is 45.6 Å². The van der Waals surface area contributed by atoms with Gasteiger partial charge in [0.2, 0.25) is 5.91 Å². The van der Waals surface area contributed by atoms with Crippen molar-refractivity contribution in [1.82, 2.24) is 14.9 Å². The summed E-state index contributed by atoms with van der Waals surface area (Å²) in [7, 11) is 0. The highest BCUT2D eigenvalue weighted by Crippen LogP contribution is 2.24. The molecule has 0 saturated carbocycles. The maximum absolute atomic E-state index is 12.8. The Hall–Kier alpha value is -2.27. The molecular weight excluding hydrogens is 326 g/mol. The van der Waals surface area contributed by atoms with Crippen LogP contribution in [0.2, 0.25) is 0 Å². The summed E-state index contributed by atoms with van der Waals surface area (Å²) in [5, 5.41) is 0. The number of aromatic nitrogens is 2. The van der Waals surface area contributed by atoms with Gasteiger partial charge in [0, 0.05) is 12.2 Å². The van der Waals surface area contributed by atoms with Crippen molar-refractivity contribution in [1.29, 1.82) is 0 Å². The van der Waals surface area contributed by atoms with E-state index >= 15 is 0 Å². The van der Waals surface area contributed by atoms with Crippen LogP contribution < -0.4 is 0 Å². The van der Waals surface area contributed by atoms with Gasteiger partial charge in [0.25, 0.3) is 0 Å². The monoisotopic (exact) mass is 351 g/mol. The predicted molar refractivity (Wildman–Crippen MR) is 99.0 cm³/mol. The summed E-state index contributed by atoms with van der Waals surface area (Å²) in [6, 6.07) is 8.47. The van der Waals surface area contributed by atoms with Crippen molar-refractivity contribution in [2.75, 3.05) is 19.7 Å². The van der Waals surface area contributed by atoms with E-state index < -0.39 is 0 Å². The van der Waals surface area contributed by atoms with E-state index in [4.69, 9.17) is 4.74 Å². The van der Waals surface area contributed by atoms with Gasteiger partial charge >= 0.3 is 0 Å². The lowest BCUT2D eigenvalue weighted by Crippen LogP contribution is -2.43. The zero-order chi connectivity index (χ0) is 18.1. The predicted octanol–water partition coefficient (Wildman–Crippen LogP) is 2.72. The third kappa shape index (κ3) is 3.63. The van der Waals surface area contributed by atoms with Crippen molar-refractivity contribution >= 4 is 5.91 Å². The Bertz CT molecular complexity index is 814. The van der Waals surface area contributed by atoms with Crippen LogP contribution in [0.25, 0.3) is 0 Å². The van der Waals surface area contributed by atoms with Crippen molar-refractivity contribution in [3.05, 3.63) is 58.2 Å². The number of carbonyl (C=O) groups is 1. The first kappa shape index (κ1) is 17.2. The number of benzene rings is 1. The summed E-state index contributed by atoms with van der Waals surface area (Å²) in [4.78, 5) is 23.5. The highest BCUT2D eigenvalue weighted by molar-refractivity contribution is 5.79. The molecule has 0 radical (unpaired) electrons. The minimum Gasteiger partial charge on any atom is -0.368 e. The van der Waals surface area contributed by atoms with Crippen molar-refractivity contribution in [3.63, 3.8) is 0 Å². The lowest BCUT2D eigenvalue weighted by Gasteiger charge is -2.33. The molecule has 1 fully saturated rings. The number of ether oxygens (including phenoxy) is 1. The van der Waals surface area contributed by atoms with Crippen LogP contribution in [0.3, 0.4) is 0 Å². The van der Waals surface area contributed by atoms with Crippen LogP contribution >= 0.6 is 0 Å². The first-order chi connectivity index (χ1) is 12.6. The third-order valence-corrected chi connectivity index (χ3v) is 5.25. The van der Waals surface area contributed by atoms with Gasteiger partial charge in [-0.05, 0) is 55.9 Å². The number of morpholine rings is 1. The Morgan fingerprint density at radius 3 is 2.88 bits per heavy atom. The van der Waals surface area contributed by atoms with E-state index in [-0.39, 0.29) is 12.0 Å². The molecule has 1 aliphatic carbocycles. The zero-order valence-electron chi connectivity index (χ0n) is 15.5. The van der Waals surface area contributed by atoms with Crippen LogP contribution in [-0.2, 0) is 28.8 Å². The molecule has 2 aromatic rings. The second kappa shape index (κ2) is 7.16. The van der Waals surface area contributed by atoms with Gasteiger partial charge < -0.3 is 9.64 Å². The molecule has 5 nitrogen and oxygen atoms in total. The van der Waals surface area contributed by atoms with E-state index in [2.05, 4.69) is 28.2 Å². The van der Waals surface area contributed by atoms with Crippen LogP contribution in [-0.4, -0.2) is 40.5 Å². The lowest BCUT2D eigenvalue weighted by atomic mass is 10.0. The SMILES string of the molecule is Cc1cc([C@@H]2CN(C(=O)Cc3ccc4c(c3)CCC4)CCO2)nc(C)n1. The molecule has 2 aliphatic rings. The zero-order valence-corrected chi connectivity index (χ0v) is 15.5. The molecule has 26 heavy (non-hydrogen) atoms. The molecule has 2 heterocycles. The van der Waals surface area contributed by atoms with Crippen LogP contribution in [0.1, 0.15) is 46.4 Å². The first-order valence-corrected chi connectivity index (χ1v) is 9.41. The second-order valence-electron chi connectivity index (χ2n) is 7.31. The maximum atomic E-state index is 12.8. The highest BCUT2D eigenvalue weighted by atomic mass is 16.5. The van der Waals surface area contributed by atoms with Crippen LogP contribution in [0, 0.1) is 13.8 Å².